The second kappa shape index (κ2) is 10.9. The number of allylic oxidation sites excluding steroid dienone is 1. The van der Waals surface area contributed by atoms with E-state index in [-0.39, 0.29) is 22.3 Å². The maximum absolute atomic E-state index is 10.9. The van der Waals surface area contributed by atoms with E-state index in [2.05, 4.69) is 12.2 Å². The van der Waals surface area contributed by atoms with Gasteiger partial charge in [-0.3, -0.25) is 4.79 Å². The maximum atomic E-state index is 10.9. The average molecular weight is 214 g/mol. The second-order valence-electron chi connectivity index (χ2n) is 2.50. The minimum Gasteiger partial charge on any atom is -0.310 e. The van der Waals surface area contributed by atoms with E-state index in [4.69, 9.17) is 0 Å². The first-order valence-corrected chi connectivity index (χ1v) is 4.17. The fraction of sp³-hybridized carbons (Fsp3) is 0.667. The Hall–Kier alpha value is -0.136. The van der Waals surface area contributed by atoms with Crippen LogP contribution in [0.4, 0.5) is 0 Å². The van der Waals surface area contributed by atoms with Gasteiger partial charge in [0.05, 0.1) is 6.54 Å². The van der Waals surface area contributed by atoms with Crippen LogP contribution >= 0.6 is 0 Å². The smallest absolute Gasteiger partial charge is 0.169 e. The van der Waals surface area contributed by atoms with Crippen LogP contribution in [0, 0.1) is 0 Å². The molecule has 0 fully saturated rings. The molecule has 0 saturated heterocycles. The van der Waals surface area contributed by atoms with Crippen LogP contribution in [0.25, 0.3) is 0 Å². The number of unbranched alkanes of at least 4 members (excludes halogenated alkanes) is 1. The maximum Gasteiger partial charge on any atom is 0.169 e. The zero-order valence-electron chi connectivity index (χ0n) is 7.71. The van der Waals surface area contributed by atoms with Gasteiger partial charge in [-0.2, -0.15) is 0 Å². The number of rotatable bonds is 6. The van der Waals surface area contributed by atoms with Crippen LogP contribution in [0.1, 0.15) is 26.7 Å². The van der Waals surface area contributed by atoms with Crippen LogP contribution in [0.2, 0.25) is 0 Å². The molecule has 0 aliphatic rings. The molecule has 0 amide bonds. The van der Waals surface area contributed by atoms with E-state index in [1.165, 1.54) is 6.42 Å². The van der Waals surface area contributed by atoms with Crippen molar-refractivity contribution in [1.29, 1.82) is 0 Å². The molecule has 0 bridgehead atoms. The Bertz CT molecular complexity index is 134. The molecule has 3 heteroatoms. The Morgan fingerprint density at radius 1 is 1.50 bits per heavy atom. The molecule has 0 rings (SSSR count). The fourth-order valence-corrected chi connectivity index (χ4v) is 0.758. The summed E-state index contributed by atoms with van der Waals surface area (Å²) in [6.45, 7) is 5.41. The van der Waals surface area contributed by atoms with E-state index in [0.717, 1.165) is 13.0 Å². The van der Waals surface area contributed by atoms with Crippen LogP contribution in [-0.4, -0.2) is 18.9 Å². The van der Waals surface area contributed by atoms with Gasteiger partial charge in [0.25, 0.3) is 0 Å². The summed E-state index contributed by atoms with van der Waals surface area (Å²) in [5, 5.41) is 3.07. The van der Waals surface area contributed by atoms with E-state index in [1.54, 1.807) is 12.2 Å². The van der Waals surface area contributed by atoms with Crippen molar-refractivity contribution in [2.45, 2.75) is 26.7 Å². The molecule has 0 radical (unpaired) electrons. The van der Waals surface area contributed by atoms with E-state index in [0.29, 0.717) is 6.54 Å². The Kier molecular flexibility index (Phi) is 13.0. The van der Waals surface area contributed by atoms with Crippen molar-refractivity contribution in [3.63, 3.8) is 0 Å². The summed E-state index contributed by atoms with van der Waals surface area (Å²) in [7, 11) is 0. The van der Waals surface area contributed by atoms with Crippen molar-refractivity contribution >= 4 is 5.78 Å². The van der Waals surface area contributed by atoms with Crippen molar-refractivity contribution in [3.8, 4) is 0 Å². The average Bonchev–Trinajstić information content (AvgIpc) is 1.99. The molecule has 0 unspecified atom stereocenters. The zero-order chi connectivity index (χ0) is 8.53. The van der Waals surface area contributed by atoms with Crippen molar-refractivity contribution < 1.29 is 21.3 Å². The van der Waals surface area contributed by atoms with Gasteiger partial charge in [0, 0.05) is 16.5 Å². The van der Waals surface area contributed by atoms with E-state index in [1.807, 2.05) is 6.92 Å². The summed E-state index contributed by atoms with van der Waals surface area (Å²) in [5.41, 5.74) is 0. The minimum absolute atomic E-state index is 0. The molecule has 74 valence electrons. The van der Waals surface area contributed by atoms with Crippen molar-refractivity contribution in [1.82, 2.24) is 5.32 Å². The van der Waals surface area contributed by atoms with E-state index in [9.17, 15) is 4.79 Å². The number of nitrogens with one attached hydrogen (secondary N) is 1. The van der Waals surface area contributed by atoms with Gasteiger partial charge in [-0.1, -0.05) is 19.4 Å². The Labute approximate surface area is 84.7 Å². The third-order valence-corrected chi connectivity index (χ3v) is 1.36. The molecular weight excluding hydrogens is 197 g/mol. The molecular formula is C9H17NNiO. The molecule has 0 atom stereocenters. The van der Waals surface area contributed by atoms with Crippen LogP contribution in [-0.2, 0) is 21.3 Å². The summed E-state index contributed by atoms with van der Waals surface area (Å²) in [6, 6.07) is 0. The molecule has 0 saturated carbocycles. The normalized spacial score (nSPS) is 9.83. The van der Waals surface area contributed by atoms with Crippen molar-refractivity contribution in [2.75, 3.05) is 13.1 Å². The summed E-state index contributed by atoms with van der Waals surface area (Å²) < 4.78 is 0. The minimum atomic E-state index is 0. The molecule has 0 aliphatic heterocycles. The molecule has 0 aromatic heterocycles. The van der Waals surface area contributed by atoms with Gasteiger partial charge in [-0.15, -0.1) is 0 Å². The molecule has 12 heavy (non-hydrogen) atoms. The summed E-state index contributed by atoms with van der Waals surface area (Å²) in [5.74, 6) is 0.156. The van der Waals surface area contributed by atoms with Crippen molar-refractivity contribution in [2.24, 2.45) is 0 Å². The molecule has 0 aromatic carbocycles. The number of carbonyl (C=O) groups is 1. The largest absolute Gasteiger partial charge is 0.310 e. The van der Waals surface area contributed by atoms with Gasteiger partial charge in [0.1, 0.15) is 0 Å². The number of hydrogen-bond acceptors (Lipinski definition) is 2. The third-order valence-electron chi connectivity index (χ3n) is 1.36. The first-order chi connectivity index (χ1) is 5.31. The number of hydrogen-bond donors (Lipinski definition) is 1. The van der Waals surface area contributed by atoms with Gasteiger partial charge in [-0.25, -0.2) is 0 Å². The summed E-state index contributed by atoms with van der Waals surface area (Å²) >= 11 is 0. The third kappa shape index (κ3) is 9.86. The molecule has 0 aromatic rings. The number of ketones is 1. The summed E-state index contributed by atoms with van der Waals surface area (Å²) in [6.07, 6.45) is 5.68. The first kappa shape index (κ1) is 14.4. The Morgan fingerprint density at radius 3 is 2.67 bits per heavy atom. The van der Waals surface area contributed by atoms with Gasteiger partial charge in [0.15, 0.2) is 5.78 Å². The van der Waals surface area contributed by atoms with Gasteiger partial charge in [0.2, 0.25) is 0 Å². The van der Waals surface area contributed by atoms with Gasteiger partial charge < -0.3 is 5.32 Å². The van der Waals surface area contributed by atoms with Crippen LogP contribution in [0.15, 0.2) is 12.2 Å². The first-order valence-electron chi connectivity index (χ1n) is 4.17. The number of carbonyl (C=O) groups excluding carboxylic acids is 1. The van der Waals surface area contributed by atoms with Crippen molar-refractivity contribution in [3.05, 3.63) is 12.2 Å². The van der Waals surface area contributed by atoms with Gasteiger partial charge >= 0.3 is 0 Å². The van der Waals surface area contributed by atoms with E-state index >= 15 is 0 Å². The Morgan fingerprint density at radius 2 is 2.17 bits per heavy atom. The molecule has 1 N–H and O–H groups in total. The predicted molar refractivity (Wildman–Crippen MR) is 47.6 cm³/mol. The Balaban J connectivity index is 0. The second-order valence-corrected chi connectivity index (χ2v) is 2.50. The molecule has 0 aliphatic carbocycles. The van der Waals surface area contributed by atoms with Crippen LogP contribution < -0.4 is 5.32 Å². The topological polar surface area (TPSA) is 29.1 Å². The predicted octanol–water partition coefficient (Wildman–Crippen LogP) is 1.52. The summed E-state index contributed by atoms with van der Waals surface area (Å²) in [4.78, 5) is 10.9. The fourth-order valence-electron chi connectivity index (χ4n) is 0.758. The van der Waals surface area contributed by atoms with E-state index < -0.39 is 0 Å². The standard InChI is InChI=1S/C9H17NO.Ni/c1-3-5-7-10-8-9(11)6-4-2;/h4,6,10H,3,5,7-8H2,1-2H3;. The van der Waals surface area contributed by atoms with Gasteiger partial charge in [-0.05, 0) is 26.0 Å². The molecule has 0 spiro atoms. The SMILES string of the molecule is CC=CC(=O)CNCCCC.[Ni]. The zero-order valence-corrected chi connectivity index (χ0v) is 8.70. The molecule has 0 heterocycles. The molecule has 2 nitrogen and oxygen atoms in total. The van der Waals surface area contributed by atoms with Crippen LogP contribution in [0.5, 0.6) is 0 Å². The van der Waals surface area contributed by atoms with Crippen LogP contribution in [0.3, 0.4) is 0 Å². The monoisotopic (exact) mass is 213 g/mol. The quantitative estimate of drug-likeness (QED) is 0.412.